The van der Waals surface area contributed by atoms with Gasteiger partial charge in [-0.15, -0.1) is 0 Å². The molecule has 1 aliphatic rings. The van der Waals surface area contributed by atoms with E-state index in [-0.39, 0.29) is 0 Å². The maximum Gasteiger partial charge on any atom is 0.123 e. The zero-order valence-corrected chi connectivity index (χ0v) is 8.19. The van der Waals surface area contributed by atoms with Crippen molar-refractivity contribution in [1.82, 2.24) is 4.90 Å². The van der Waals surface area contributed by atoms with Crippen molar-refractivity contribution < 1.29 is 0 Å². The Morgan fingerprint density at radius 1 is 1.36 bits per heavy atom. The molecule has 72 valence electrons. The van der Waals surface area contributed by atoms with Gasteiger partial charge in [-0.1, -0.05) is 36.9 Å². The topological polar surface area (TPSA) is 15.6 Å². The summed E-state index contributed by atoms with van der Waals surface area (Å²) in [6, 6.07) is 10.4. The number of benzene rings is 1. The highest BCUT2D eigenvalue weighted by atomic mass is 15.2. The maximum atomic E-state index is 4.36. The number of aliphatic imine (C=N–C) groups is 1. The lowest BCUT2D eigenvalue weighted by Gasteiger charge is -2.17. The van der Waals surface area contributed by atoms with Crippen LogP contribution in [0.1, 0.15) is 5.56 Å². The Balaban J connectivity index is 2.05. The third-order valence-electron chi connectivity index (χ3n) is 2.37. The summed E-state index contributed by atoms with van der Waals surface area (Å²) in [4.78, 5) is 6.61. The highest BCUT2D eigenvalue weighted by Crippen LogP contribution is 2.09. The first-order chi connectivity index (χ1) is 6.90. The molecular formula is C12H14N2. The fraction of sp³-hybridized carbons (Fsp3) is 0.250. The third-order valence-corrected chi connectivity index (χ3v) is 2.37. The molecule has 0 unspecified atom stereocenters. The van der Waals surface area contributed by atoms with Gasteiger partial charge in [-0.05, 0) is 11.6 Å². The first-order valence-corrected chi connectivity index (χ1v) is 4.86. The summed E-state index contributed by atoms with van der Waals surface area (Å²) in [5, 5.41) is 0. The largest absolute Gasteiger partial charge is 0.351 e. The first kappa shape index (κ1) is 9.00. The van der Waals surface area contributed by atoms with Crippen LogP contribution in [0.4, 0.5) is 0 Å². The molecule has 0 aromatic heterocycles. The van der Waals surface area contributed by atoms with E-state index in [0.29, 0.717) is 0 Å². The van der Waals surface area contributed by atoms with Crippen molar-refractivity contribution in [2.75, 3.05) is 13.1 Å². The molecule has 1 aromatic rings. The SMILES string of the molecule is C=CC1=NCCN1Cc1ccccc1. The predicted molar refractivity (Wildman–Crippen MR) is 59.4 cm³/mol. The van der Waals surface area contributed by atoms with E-state index in [0.717, 1.165) is 25.5 Å². The van der Waals surface area contributed by atoms with Crippen molar-refractivity contribution in [3.63, 3.8) is 0 Å². The van der Waals surface area contributed by atoms with Crippen molar-refractivity contribution in [1.29, 1.82) is 0 Å². The van der Waals surface area contributed by atoms with E-state index in [1.54, 1.807) is 0 Å². The first-order valence-electron chi connectivity index (χ1n) is 4.86. The summed E-state index contributed by atoms with van der Waals surface area (Å²) in [5.41, 5.74) is 1.32. The smallest absolute Gasteiger partial charge is 0.123 e. The van der Waals surface area contributed by atoms with E-state index < -0.39 is 0 Å². The van der Waals surface area contributed by atoms with Crippen LogP contribution in [-0.4, -0.2) is 23.8 Å². The zero-order valence-electron chi connectivity index (χ0n) is 8.19. The van der Waals surface area contributed by atoms with Crippen molar-refractivity contribution in [3.05, 3.63) is 48.6 Å². The fourth-order valence-electron chi connectivity index (χ4n) is 1.66. The Morgan fingerprint density at radius 2 is 2.14 bits per heavy atom. The monoisotopic (exact) mass is 186 g/mol. The molecule has 14 heavy (non-hydrogen) atoms. The van der Waals surface area contributed by atoms with Crippen LogP contribution >= 0.6 is 0 Å². The van der Waals surface area contributed by atoms with Gasteiger partial charge in [0, 0.05) is 13.1 Å². The number of rotatable bonds is 3. The minimum Gasteiger partial charge on any atom is -0.351 e. The van der Waals surface area contributed by atoms with Crippen LogP contribution in [0.2, 0.25) is 0 Å². The Bertz CT molecular complexity index is 341. The van der Waals surface area contributed by atoms with Gasteiger partial charge in [0.05, 0.1) is 6.54 Å². The summed E-state index contributed by atoms with van der Waals surface area (Å²) in [5.74, 6) is 1.02. The maximum absolute atomic E-state index is 4.36. The molecular weight excluding hydrogens is 172 g/mol. The molecule has 1 aliphatic heterocycles. The van der Waals surface area contributed by atoms with Gasteiger partial charge in [0.2, 0.25) is 0 Å². The van der Waals surface area contributed by atoms with Crippen LogP contribution in [0.3, 0.4) is 0 Å². The van der Waals surface area contributed by atoms with Gasteiger partial charge < -0.3 is 4.90 Å². The molecule has 2 nitrogen and oxygen atoms in total. The standard InChI is InChI=1S/C12H14N2/c1-2-12-13-8-9-14(12)10-11-6-4-3-5-7-11/h2-7H,1,8-10H2. The normalized spacial score (nSPS) is 15.4. The second-order valence-electron chi connectivity index (χ2n) is 3.35. The molecule has 0 amide bonds. The van der Waals surface area contributed by atoms with Crippen molar-refractivity contribution in [2.24, 2.45) is 4.99 Å². The van der Waals surface area contributed by atoms with Crippen molar-refractivity contribution in [2.45, 2.75) is 6.54 Å². The van der Waals surface area contributed by atoms with Gasteiger partial charge in [0.25, 0.3) is 0 Å². The van der Waals surface area contributed by atoms with Gasteiger partial charge in [0.15, 0.2) is 0 Å². The lowest BCUT2D eigenvalue weighted by molar-refractivity contribution is 0.454. The van der Waals surface area contributed by atoms with E-state index in [1.807, 2.05) is 12.1 Å². The molecule has 1 aromatic carbocycles. The van der Waals surface area contributed by atoms with E-state index in [9.17, 15) is 0 Å². The molecule has 2 rings (SSSR count). The van der Waals surface area contributed by atoms with Crippen LogP contribution in [0.5, 0.6) is 0 Å². The zero-order chi connectivity index (χ0) is 9.80. The van der Waals surface area contributed by atoms with Gasteiger partial charge in [0.1, 0.15) is 5.84 Å². The Morgan fingerprint density at radius 3 is 2.86 bits per heavy atom. The van der Waals surface area contributed by atoms with E-state index in [1.165, 1.54) is 5.56 Å². The Hall–Kier alpha value is -1.57. The highest BCUT2D eigenvalue weighted by molar-refractivity contribution is 5.93. The van der Waals surface area contributed by atoms with Gasteiger partial charge in [-0.2, -0.15) is 0 Å². The van der Waals surface area contributed by atoms with Crippen LogP contribution in [0, 0.1) is 0 Å². The fourth-order valence-corrected chi connectivity index (χ4v) is 1.66. The molecule has 0 radical (unpaired) electrons. The predicted octanol–water partition coefficient (Wildman–Crippen LogP) is 2.09. The Kier molecular flexibility index (Phi) is 2.63. The summed E-state index contributed by atoms with van der Waals surface area (Å²) >= 11 is 0. The lowest BCUT2D eigenvalue weighted by Crippen LogP contribution is -2.25. The molecule has 0 bridgehead atoms. The van der Waals surface area contributed by atoms with E-state index in [2.05, 4.69) is 40.7 Å². The molecule has 2 heteroatoms. The number of hydrogen-bond acceptors (Lipinski definition) is 2. The second-order valence-corrected chi connectivity index (χ2v) is 3.35. The molecule has 0 saturated carbocycles. The average molecular weight is 186 g/mol. The summed E-state index contributed by atoms with van der Waals surface area (Å²) in [7, 11) is 0. The molecule has 0 atom stereocenters. The van der Waals surface area contributed by atoms with E-state index in [4.69, 9.17) is 0 Å². The lowest BCUT2D eigenvalue weighted by atomic mass is 10.2. The molecule has 1 heterocycles. The van der Waals surface area contributed by atoms with Crippen molar-refractivity contribution >= 4 is 5.84 Å². The molecule has 0 aliphatic carbocycles. The summed E-state index contributed by atoms with van der Waals surface area (Å²) in [6.07, 6.45) is 1.83. The number of amidine groups is 1. The quantitative estimate of drug-likeness (QED) is 0.705. The number of hydrogen-bond donors (Lipinski definition) is 0. The van der Waals surface area contributed by atoms with Gasteiger partial charge in [-0.3, -0.25) is 4.99 Å². The molecule has 0 spiro atoms. The minimum atomic E-state index is 0.897. The Labute approximate surface area is 84.6 Å². The summed E-state index contributed by atoms with van der Waals surface area (Å²) in [6.45, 7) is 6.61. The molecule has 0 N–H and O–H groups in total. The summed E-state index contributed by atoms with van der Waals surface area (Å²) < 4.78 is 0. The number of nitrogens with zero attached hydrogens (tertiary/aromatic N) is 2. The highest BCUT2D eigenvalue weighted by Gasteiger charge is 2.13. The molecule has 0 saturated heterocycles. The van der Waals surface area contributed by atoms with Gasteiger partial charge >= 0.3 is 0 Å². The van der Waals surface area contributed by atoms with Crippen LogP contribution < -0.4 is 0 Å². The van der Waals surface area contributed by atoms with Crippen LogP contribution in [0.25, 0.3) is 0 Å². The van der Waals surface area contributed by atoms with Crippen LogP contribution in [0.15, 0.2) is 48.0 Å². The third kappa shape index (κ3) is 1.84. The van der Waals surface area contributed by atoms with E-state index >= 15 is 0 Å². The van der Waals surface area contributed by atoms with Gasteiger partial charge in [-0.25, -0.2) is 0 Å². The van der Waals surface area contributed by atoms with Crippen molar-refractivity contribution in [3.8, 4) is 0 Å². The molecule has 0 fully saturated rings. The minimum absolute atomic E-state index is 0.897. The average Bonchev–Trinajstić information content (AvgIpc) is 2.67. The second kappa shape index (κ2) is 4.09. The van der Waals surface area contributed by atoms with Crippen LogP contribution in [-0.2, 0) is 6.54 Å².